The van der Waals surface area contributed by atoms with Gasteiger partial charge in [0.1, 0.15) is 5.82 Å². The molecule has 0 spiro atoms. The lowest BCUT2D eigenvalue weighted by atomic mass is 10.2. The van der Waals surface area contributed by atoms with Crippen LogP contribution in [0.3, 0.4) is 0 Å². The zero-order valence-electron chi connectivity index (χ0n) is 9.88. The van der Waals surface area contributed by atoms with E-state index in [2.05, 4.69) is 24.0 Å². The van der Waals surface area contributed by atoms with Crippen LogP contribution in [0.2, 0.25) is 0 Å². The van der Waals surface area contributed by atoms with E-state index in [4.69, 9.17) is 5.73 Å². The van der Waals surface area contributed by atoms with E-state index in [9.17, 15) is 0 Å². The molecule has 0 fully saturated rings. The molecular weight excluding hydrogens is 202 g/mol. The van der Waals surface area contributed by atoms with Crippen molar-refractivity contribution < 1.29 is 0 Å². The molecule has 0 bridgehead atoms. The SMILES string of the molecule is CCn1cc(C(C)n2ncc(C)c2N)cn1. The number of rotatable bonds is 3. The molecule has 1 atom stereocenters. The van der Waals surface area contributed by atoms with Gasteiger partial charge in [-0.05, 0) is 20.8 Å². The highest BCUT2D eigenvalue weighted by Crippen LogP contribution is 2.21. The predicted octanol–water partition coefficient (Wildman–Crippen LogP) is 1.60. The molecule has 0 aliphatic heterocycles. The van der Waals surface area contributed by atoms with Crippen molar-refractivity contribution in [2.24, 2.45) is 0 Å². The molecule has 0 amide bonds. The van der Waals surface area contributed by atoms with Gasteiger partial charge in [-0.2, -0.15) is 10.2 Å². The summed E-state index contributed by atoms with van der Waals surface area (Å²) < 4.78 is 3.73. The monoisotopic (exact) mass is 219 g/mol. The highest BCUT2D eigenvalue weighted by Gasteiger charge is 2.14. The molecule has 0 radical (unpaired) electrons. The highest BCUT2D eigenvalue weighted by molar-refractivity contribution is 5.38. The second-order valence-electron chi connectivity index (χ2n) is 3.96. The molecule has 16 heavy (non-hydrogen) atoms. The minimum atomic E-state index is 0.119. The number of aryl methyl sites for hydroxylation is 2. The van der Waals surface area contributed by atoms with Crippen LogP contribution in [0.4, 0.5) is 5.82 Å². The molecule has 0 saturated carbocycles. The topological polar surface area (TPSA) is 61.7 Å². The molecule has 0 aliphatic carbocycles. The Morgan fingerprint density at radius 3 is 2.62 bits per heavy atom. The third-order valence-corrected chi connectivity index (χ3v) is 2.85. The normalized spacial score (nSPS) is 12.9. The second-order valence-corrected chi connectivity index (χ2v) is 3.96. The first-order valence-corrected chi connectivity index (χ1v) is 5.45. The molecule has 2 rings (SSSR count). The number of hydrogen-bond donors (Lipinski definition) is 1. The lowest BCUT2D eigenvalue weighted by Gasteiger charge is -2.12. The number of nitrogens with two attached hydrogens (primary N) is 1. The van der Waals surface area contributed by atoms with Crippen molar-refractivity contribution >= 4 is 5.82 Å². The summed E-state index contributed by atoms with van der Waals surface area (Å²) in [5.74, 6) is 0.719. The lowest BCUT2D eigenvalue weighted by molar-refractivity contribution is 0.571. The fraction of sp³-hybridized carbons (Fsp3) is 0.455. The molecule has 2 aromatic rings. The first-order chi connectivity index (χ1) is 7.63. The average molecular weight is 219 g/mol. The van der Waals surface area contributed by atoms with E-state index < -0.39 is 0 Å². The molecule has 0 saturated heterocycles. The summed E-state index contributed by atoms with van der Waals surface area (Å²) in [5, 5.41) is 8.53. The molecular formula is C11H17N5. The fourth-order valence-electron chi connectivity index (χ4n) is 1.68. The van der Waals surface area contributed by atoms with Crippen molar-refractivity contribution in [1.29, 1.82) is 0 Å². The summed E-state index contributed by atoms with van der Waals surface area (Å²) in [4.78, 5) is 0. The third-order valence-electron chi connectivity index (χ3n) is 2.85. The maximum Gasteiger partial charge on any atom is 0.125 e. The zero-order chi connectivity index (χ0) is 11.7. The molecule has 5 heteroatoms. The molecule has 86 valence electrons. The fourth-order valence-corrected chi connectivity index (χ4v) is 1.68. The smallest absolute Gasteiger partial charge is 0.125 e. The highest BCUT2D eigenvalue weighted by atomic mass is 15.3. The van der Waals surface area contributed by atoms with Gasteiger partial charge in [0.25, 0.3) is 0 Å². The first kappa shape index (κ1) is 10.7. The summed E-state index contributed by atoms with van der Waals surface area (Å²) in [6.45, 7) is 6.97. The Hall–Kier alpha value is -1.78. The van der Waals surface area contributed by atoms with Crippen molar-refractivity contribution in [3.63, 3.8) is 0 Å². The van der Waals surface area contributed by atoms with E-state index in [1.165, 1.54) is 0 Å². The summed E-state index contributed by atoms with van der Waals surface area (Å²) in [6.07, 6.45) is 5.68. The summed E-state index contributed by atoms with van der Waals surface area (Å²) in [7, 11) is 0. The van der Waals surface area contributed by atoms with Gasteiger partial charge >= 0.3 is 0 Å². The Morgan fingerprint density at radius 2 is 2.12 bits per heavy atom. The van der Waals surface area contributed by atoms with Crippen LogP contribution < -0.4 is 5.73 Å². The van der Waals surface area contributed by atoms with Gasteiger partial charge in [-0.25, -0.2) is 4.68 Å². The number of nitrogens with zero attached hydrogens (tertiary/aromatic N) is 4. The van der Waals surface area contributed by atoms with Crippen LogP contribution in [-0.2, 0) is 6.54 Å². The van der Waals surface area contributed by atoms with Crippen LogP contribution in [-0.4, -0.2) is 19.6 Å². The van der Waals surface area contributed by atoms with Crippen LogP contribution in [0.25, 0.3) is 0 Å². The van der Waals surface area contributed by atoms with Crippen molar-refractivity contribution in [3.8, 4) is 0 Å². The number of hydrogen-bond acceptors (Lipinski definition) is 3. The van der Waals surface area contributed by atoms with Gasteiger partial charge in [0.15, 0.2) is 0 Å². The van der Waals surface area contributed by atoms with E-state index in [0.717, 1.165) is 23.5 Å². The van der Waals surface area contributed by atoms with E-state index in [1.54, 1.807) is 6.20 Å². The Morgan fingerprint density at radius 1 is 1.38 bits per heavy atom. The summed E-state index contributed by atoms with van der Waals surface area (Å²) >= 11 is 0. The van der Waals surface area contributed by atoms with Crippen molar-refractivity contribution in [3.05, 3.63) is 29.7 Å². The molecule has 2 heterocycles. The molecule has 0 aromatic carbocycles. The molecule has 5 nitrogen and oxygen atoms in total. The summed E-state index contributed by atoms with van der Waals surface area (Å²) in [5.41, 5.74) is 8.08. The standard InChI is InChI=1S/C11H17N5/c1-4-15-7-10(6-13-15)9(3)16-11(12)8(2)5-14-16/h5-7,9H,4,12H2,1-3H3. The quantitative estimate of drug-likeness (QED) is 0.852. The van der Waals surface area contributed by atoms with Gasteiger partial charge in [0.2, 0.25) is 0 Å². The Kier molecular flexibility index (Phi) is 2.68. The van der Waals surface area contributed by atoms with Crippen LogP contribution in [0.1, 0.15) is 31.0 Å². The van der Waals surface area contributed by atoms with Gasteiger partial charge < -0.3 is 5.73 Å². The van der Waals surface area contributed by atoms with Gasteiger partial charge in [-0.1, -0.05) is 0 Å². The van der Waals surface area contributed by atoms with Crippen molar-refractivity contribution in [1.82, 2.24) is 19.6 Å². The van der Waals surface area contributed by atoms with Crippen LogP contribution in [0.15, 0.2) is 18.6 Å². The number of anilines is 1. The van der Waals surface area contributed by atoms with E-state index in [-0.39, 0.29) is 6.04 Å². The van der Waals surface area contributed by atoms with Crippen molar-refractivity contribution in [2.75, 3.05) is 5.73 Å². The number of nitrogen functional groups attached to an aromatic ring is 1. The van der Waals surface area contributed by atoms with Crippen LogP contribution >= 0.6 is 0 Å². The number of aromatic nitrogens is 4. The summed E-state index contributed by atoms with van der Waals surface area (Å²) in [6, 6.07) is 0.119. The van der Waals surface area contributed by atoms with E-state index in [0.29, 0.717) is 0 Å². The van der Waals surface area contributed by atoms with Gasteiger partial charge in [-0.15, -0.1) is 0 Å². The third kappa shape index (κ3) is 1.68. The average Bonchev–Trinajstić information content (AvgIpc) is 2.87. The second kappa shape index (κ2) is 4.00. The first-order valence-electron chi connectivity index (χ1n) is 5.45. The molecule has 0 aliphatic rings. The van der Waals surface area contributed by atoms with Crippen LogP contribution in [0.5, 0.6) is 0 Å². The van der Waals surface area contributed by atoms with Crippen molar-refractivity contribution in [2.45, 2.75) is 33.4 Å². The van der Waals surface area contributed by atoms with Crippen LogP contribution in [0, 0.1) is 6.92 Å². The Bertz CT molecular complexity index is 482. The van der Waals surface area contributed by atoms with E-state index in [1.807, 2.05) is 28.7 Å². The molecule has 2 aromatic heterocycles. The lowest BCUT2D eigenvalue weighted by Crippen LogP contribution is -2.11. The van der Waals surface area contributed by atoms with Gasteiger partial charge in [0.05, 0.1) is 18.4 Å². The zero-order valence-corrected chi connectivity index (χ0v) is 9.88. The maximum absolute atomic E-state index is 5.95. The van der Waals surface area contributed by atoms with Gasteiger partial charge in [-0.3, -0.25) is 4.68 Å². The molecule has 2 N–H and O–H groups in total. The largest absolute Gasteiger partial charge is 0.384 e. The Balaban J connectivity index is 2.31. The van der Waals surface area contributed by atoms with Gasteiger partial charge in [0, 0.05) is 23.9 Å². The minimum Gasteiger partial charge on any atom is -0.384 e. The minimum absolute atomic E-state index is 0.119. The molecule has 1 unspecified atom stereocenters. The predicted molar refractivity (Wildman–Crippen MR) is 63.1 cm³/mol. The Labute approximate surface area is 94.9 Å². The maximum atomic E-state index is 5.95. The van der Waals surface area contributed by atoms with E-state index >= 15 is 0 Å².